The van der Waals surface area contributed by atoms with Gasteiger partial charge >= 0.3 is 0 Å². The Kier molecular flexibility index (Phi) is 4.44. The van der Waals surface area contributed by atoms with Crippen LogP contribution in [0.3, 0.4) is 0 Å². The van der Waals surface area contributed by atoms with Crippen molar-refractivity contribution < 1.29 is 13.2 Å². The van der Waals surface area contributed by atoms with E-state index < -0.39 is 9.84 Å². The molecule has 0 aliphatic heterocycles. The van der Waals surface area contributed by atoms with E-state index in [9.17, 15) is 8.42 Å². The molecule has 2 heterocycles. The number of fused-ring (bicyclic) bond motifs is 1. The second kappa shape index (κ2) is 5.92. The number of alkyl halides is 1. The Morgan fingerprint density at radius 2 is 2.15 bits per heavy atom. The van der Waals surface area contributed by atoms with Gasteiger partial charge in [-0.2, -0.15) is 4.98 Å². The molecular formula is C11H15ClN4O3S. The van der Waals surface area contributed by atoms with E-state index in [2.05, 4.69) is 15.0 Å². The van der Waals surface area contributed by atoms with E-state index in [1.807, 2.05) is 0 Å². The lowest BCUT2D eigenvalue weighted by atomic mass is 10.4. The van der Waals surface area contributed by atoms with Crippen LogP contribution in [0.15, 0.2) is 6.33 Å². The first kappa shape index (κ1) is 15.0. The molecule has 2 aromatic rings. The second-order valence-corrected chi connectivity index (χ2v) is 6.94. The van der Waals surface area contributed by atoms with E-state index >= 15 is 0 Å². The van der Waals surface area contributed by atoms with E-state index in [4.69, 9.17) is 16.3 Å². The molecule has 0 saturated heterocycles. The molecule has 9 heteroatoms. The van der Waals surface area contributed by atoms with Crippen LogP contribution in [0.2, 0.25) is 0 Å². The lowest BCUT2D eigenvalue weighted by Gasteiger charge is -2.06. The second-order valence-electron chi connectivity index (χ2n) is 4.30. The number of aryl methyl sites for hydroxylation is 2. The van der Waals surface area contributed by atoms with Crippen LogP contribution >= 0.6 is 11.6 Å². The van der Waals surface area contributed by atoms with E-state index in [1.165, 1.54) is 19.7 Å². The fraction of sp³-hybridized carbons (Fsp3) is 0.545. The zero-order valence-electron chi connectivity index (χ0n) is 11.2. The summed E-state index contributed by atoms with van der Waals surface area (Å²) < 4.78 is 29.6. The predicted octanol–water partition coefficient (Wildman–Crippen LogP) is 0.661. The van der Waals surface area contributed by atoms with Crippen LogP contribution in [0.1, 0.15) is 5.82 Å². The molecule has 20 heavy (non-hydrogen) atoms. The molecule has 0 amide bonds. The fourth-order valence-corrected chi connectivity index (χ4v) is 2.56. The number of ether oxygens (including phenoxy) is 1. The summed E-state index contributed by atoms with van der Waals surface area (Å²) in [6.45, 7) is 0.279. The van der Waals surface area contributed by atoms with Crippen molar-refractivity contribution in [3.05, 3.63) is 12.2 Å². The molecule has 0 aliphatic carbocycles. The van der Waals surface area contributed by atoms with Gasteiger partial charge in [-0.1, -0.05) is 0 Å². The highest BCUT2D eigenvalue weighted by Gasteiger charge is 2.17. The molecule has 2 rings (SSSR count). The van der Waals surface area contributed by atoms with Crippen molar-refractivity contribution in [3.63, 3.8) is 0 Å². The molecule has 0 radical (unpaired) electrons. The Hall–Kier alpha value is -1.41. The van der Waals surface area contributed by atoms with Gasteiger partial charge in [0, 0.05) is 25.1 Å². The summed E-state index contributed by atoms with van der Waals surface area (Å²) in [5.41, 5.74) is 1.07. The Morgan fingerprint density at radius 1 is 1.40 bits per heavy atom. The van der Waals surface area contributed by atoms with E-state index in [0.717, 1.165) is 0 Å². The summed E-state index contributed by atoms with van der Waals surface area (Å²) in [6, 6.07) is 0. The number of hydrogen-bond donors (Lipinski definition) is 0. The SMILES string of the molecule is COc1ncnc2c1nc(CCCl)n2CCS(C)(=O)=O. The molecule has 7 nitrogen and oxygen atoms in total. The summed E-state index contributed by atoms with van der Waals surface area (Å²) >= 11 is 5.76. The number of aromatic nitrogens is 4. The van der Waals surface area contributed by atoms with Gasteiger partial charge in [-0.25, -0.2) is 18.4 Å². The van der Waals surface area contributed by atoms with Gasteiger partial charge in [0.2, 0.25) is 5.88 Å². The van der Waals surface area contributed by atoms with Gasteiger partial charge in [-0.05, 0) is 0 Å². The maximum Gasteiger partial charge on any atom is 0.245 e. The predicted molar refractivity (Wildman–Crippen MR) is 76.0 cm³/mol. The average molecular weight is 319 g/mol. The third kappa shape index (κ3) is 3.18. The fourth-order valence-electron chi connectivity index (χ4n) is 1.88. The lowest BCUT2D eigenvalue weighted by Crippen LogP contribution is -2.14. The average Bonchev–Trinajstić information content (AvgIpc) is 2.73. The van der Waals surface area contributed by atoms with Crippen LogP contribution in [-0.2, 0) is 22.8 Å². The van der Waals surface area contributed by atoms with Gasteiger partial charge in [-0.15, -0.1) is 11.6 Å². The number of halogens is 1. The number of rotatable bonds is 6. The zero-order chi connectivity index (χ0) is 14.8. The third-order valence-corrected chi connectivity index (χ3v) is 3.89. The number of imidazole rings is 1. The maximum atomic E-state index is 11.3. The van der Waals surface area contributed by atoms with Crippen LogP contribution < -0.4 is 4.74 Å². The highest BCUT2D eigenvalue weighted by Crippen LogP contribution is 2.22. The molecule has 0 N–H and O–H groups in total. The first-order valence-corrected chi connectivity index (χ1v) is 8.53. The maximum absolute atomic E-state index is 11.3. The van der Waals surface area contributed by atoms with E-state index in [0.29, 0.717) is 35.2 Å². The van der Waals surface area contributed by atoms with Crippen molar-refractivity contribution >= 4 is 32.6 Å². The molecule has 0 bridgehead atoms. The standard InChI is InChI=1S/C11H15ClN4O3S/c1-19-11-9-10(13-7-14-11)16(5-6-20(2,17)18)8(15-9)3-4-12/h7H,3-6H2,1-2H3. The largest absolute Gasteiger partial charge is 0.479 e. The summed E-state index contributed by atoms with van der Waals surface area (Å²) in [4.78, 5) is 12.6. The van der Waals surface area contributed by atoms with Crippen molar-refractivity contribution in [2.45, 2.75) is 13.0 Å². The lowest BCUT2D eigenvalue weighted by molar-refractivity contribution is 0.401. The minimum Gasteiger partial charge on any atom is -0.479 e. The molecule has 0 aliphatic rings. The molecule has 0 saturated carbocycles. The molecule has 110 valence electrons. The van der Waals surface area contributed by atoms with Crippen LogP contribution in [0, 0.1) is 0 Å². The molecular weight excluding hydrogens is 304 g/mol. The van der Waals surface area contributed by atoms with Crippen molar-refractivity contribution in [1.82, 2.24) is 19.5 Å². The molecule has 0 atom stereocenters. The molecule has 0 spiro atoms. The van der Waals surface area contributed by atoms with Gasteiger partial charge in [0.25, 0.3) is 0 Å². The third-order valence-electron chi connectivity index (χ3n) is 2.77. The van der Waals surface area contributed by atoms with Gasteiger partial charge in [0.05, 0.1) is 12.9 Å². The number of hydrogen-bond acceptors (Lipinski definition) is 6. The molecule has 2 aromatic heterocycles. The summed E-state index contributed by atoms with van der Waals surface area (Å²) in [7, 11) is -1.57. The smallest absolute Gasteiger partial charge is 0.245 e. The van der Waals surface area contributed by atoms with Crippen LogP contribution in [0.25, 0.3) is 11.2 Å². The summed E-state index contributed by atoms with van der Waals surface area (Å²) in [5, 5.41) is 0. The van der Waals surface area contributed by atoms with Crippen LogP contribution in [-0.4, -0.2) is 52.9 Å². The van der Waals surface area contributed by atoms with Gasteiger partial charge in [-0.3, -0.25) is 0 Å². The quantitative estimate of drug-likeness (QED) is 0.727. The monoisotopic (exact) mass is 318 g/mol. The van der Waals surface area contributed by atoms with Crippen molar-refractivity contribution in [2.75, 3.05) is 25.0 Å². The molecule has 0 aromatic carbocycles. The van der Waals surface area contributed by atoms with Gasteiger partial charge < -0.3 is 9.30 Å². The first-order chi connectivity index (χ1) is 9.46. The number of sulfone groups is 1. The minimum atomic E-state index is -3.07. The van der Waals surface area contributed by atoms with Gasteiger partial charge in [0.15, 0.2) is 11.2 Å². The van der Waals surface area contributed by atoms with E-state index in [1.54, 1.807) is 4.57 Å². The highest BCUT2D eigenvalue weighted by atomic mass is 35.5. The Bertz CT molecular complexity index is 714. The summed E-state index contributed by atoms with van der Waals surface area (Å²) in [6.07, 6.45) is 3.08. The van der Waals surface area contributed by atoms with Crippen molar-refractivity contribution in [1.29, 1.82) is 0 Å². The van der Waals surface area contributed by atoms with Crippen molar-refractivity contribution in [3.8, 4) is 5.88 Å². The zero-order valence-corrected chi connectivity index (χ0v) is 12.8. The van der Waals surface area contributed by atoms with Crippen LogP contribution in [0.5, 0.6) is 5.88 Å². The Balaban J connectivity index is 2.51. The Labute approximate surface area is 121 Å². The molecule has 0 unspecified atom stereocenters. The topological polar surface area (TPSA) is 87.0 Å². The van der Waals surface area contributed by atoms with Crippen molar-refractivity contribution in [2.24, 2.45) is 0 Å². The van der Waals surface area contributed by atoms with Gasteiger partial charge in [0.1, 0.15) is 22.0 Å². The minimum absolute atomic E-state index is 0.0140. The highest BCUT2D eigenvalue weighted by molar-refractivity contribution is 7.90. The van der Waals surface area contributed by atoms with E-state index in [-0.39, 0.29) is 12.3 Å². The van der Waals surface area contributed by atoms with Crippen LogP contribution in [0.4, 0.5) is 0 Å². The number of methoxy groups -OCH3 is 1. The number of nitrogens with zero attached hydrogens (tertiary/aromatic N) is 4. The Morgan fingerprint density at radius 3 is 2.75 bits per heavy atom. The molecule has 0 fully saturated rings. The first-order valence-electron chi connectivity index (χ1n) is 5.94. The normalized spacial score (nSPS) is 11.9. The summed E-state index contributed by atoms with van der Waals surface area (Å²) in [5.74, 6) is 1.44.